The Bertz CT molecular complexity index is 1440. The number of ether oxygens (including phenoxy) is 1. The highest BCUT2D eigenvalue weighted by atomic mass is 16.5. The van der Waals surface area contributed by atoms with Gasteiger partial charge in [-0.1, -0.05) is 18.7 Å². The number of benzene rings is 1. The first-order valence-electron chi connectivity index (χ1n) is 15.1. The van der Waals surface area contributed by atoms with Gasteiger partial charge in [0.25, 0.3) is 0 Å². The third-order valence-electron chi connectivity index (χ3n) is 8.60. The zero-order valence-corrected chi connectivity index (χ0v) is 24.2. The quantitative estimate of drug-likeness (QED) is 0.313. The van der Waals surface area contributed by atoms with Crippen molar-refractivity contribution in [1.82, 2.24) is 29.8 Å². The largest absolute Gasteiger partial charge is 0.460 e. The minimum Gasteiger partial charge on any atom is -0.460 e. The average Bonchev–Trinajstić information content (AvgIpc) is 3.76. The lowest BCUT2D eigenvalue weighted by atomic mass is 9.85. The van der Waals surface area contributed by atoms with E-state index in [-0.39, 0.29) is 29.9 Å². The fourth-order valence-corrected chi connectivity index (χ4v) is 5.92. The van der Waals surface area contributed by atoms with Gasteiger partial charge in [-0.15, -0.1) is 0 Å². The van der Waals surface area contributed by atoms with Crippen molar-refractivity contribution < 1.29 is 14.3 Å². The van der Waals surface area contributed by atoms with E-state index >= 15 is 0 Å². The summed E-state index contributed by atoms with van der Waals surface area (Å²) in [6.07, 6.45) is 10.6. The number of nitrogens with zero attached hydrogens (tertiary/aromatic N) is 5. The van der Waals surface area contributed by atoms with Gasteiger partial charge in [-0.3, -0.25) is 9.59 Å². The van der Waals surface area contributed by atoms with Gasteiger partial charge in [0.15, 0.2) is 5.65 Å². The van der Waals surface area contributed by atoms with Gasteiger partial charge in [0.05, 0.1) is 6.20 Å². The molecule has 3 heterocycles. The molecule has 1 aliphatic heterocycles. The normalized spacial score (nSPS) is 21.5. The molecule has 0 spiro atoms. The van der Waals surface area contributed by atoms with Gasteiger partial charge in [0.2, 0.25) is 17.8 Å². The topological polar surface area (TPSA) is 126 Å². The Morgan fingerprint density at radius 2 is 1.86 bits per heavy atom. The molecule has 2 amide bonds. The van der Waals surface area contributed by atoms with Gasteiger partial charge in [-0.05, 0) is 88.1 Å². The molecule has 0 atom stereocenters. The molecule has 42 heavy (non-hydrogen) atoms. The van der Waals surface area contributed by atoms with Crippen LogP contribution < -0.4 is 20.7 Å². The number of carbonyl (C=O) groups is 2. The van der Waals surface area contributed by atoms with Crippen LogP contribution in [-0.4, -0.2) is 68.6 Å². The molecule has 2 saturated carbocycles. The monoisotopic (exact) mass is 572 g/mol. The average molecular weight is 573 g/mol. The Labute approximate surface area is 246 Å². The summed E-state index contributed by atoms with van der Waals surface area (Å²) < 4.78 is 8.05. The number of likely N-dealkylation sites (tertiary alicyclic amines) is 1. The molecule has 0 radical (unpaired) electrons. The van der Waals surface area contributed by atoms with Gasteiger partial charge < -0.3 is 25.6 Å². The Balaban J connectivity index is 1.10. The Hall–Kier alpha value is -3.99. The number of amides is 2. The van der Waals surface area contributed by atoms with E-state index in [1.54, 1.807) is 4.52 Å². The van der Waals surface area contributed by atoms with E-state index in [0.717, 1.165) is 86.9 Å². The van der Waals surface area contributed by atoms with Crippen molar-refractivity contribution in [3.8, 4) is 6.01 Å². The summed E-state index contributed by atoms with van der Waals surface area (Å²) >= 11 is 0. The summed E-state index contributed by atoms with van der Waals surface area (Å²) in [4.78, 5) is 36.4. The van der Waals surface area contributed by atoms with Crippen LogP contribution in [0.25, 0.3) is 5.65 Å². The highest BCUT2D eigenvalue weighted by molar-refractivity contribution is 5.92. The van der Waals surface area contributed by atoms with Crippen LogP contribution in [0, 0.1) is 5.92 Å². The second-order valence-corrected chi connectivity index (χ2v) is 11.9. The summed E-state index contributed by atoms with van der Waals surface area (Å²) in [5, 5.41) is 14.1. The summed E-state index contributed by atoms with van der Waals surface area (Å²) in [6.45, 7) is 6.00. The van der Waals surface area contributed by atoms with Crippen LogP contribution in [0.5, 0.6) is 6.01 Å². The third-order valence-corrected chi connectivity index (χ3v) is 8.60. The van der Waals surface area contributed by atoms with Crippen LogP contribution in [0.2, 0.25) is 0 Å². The van der Waals surface area contributed by atoms with Crippen molar-refractivity contribution in [2.45, 2.75) is 76.0 Å². The van der Waals surface area contributed by atoms with Crippen LogP contribution in [-0.2, 0) is 16.1 Å². The summed E-state index contributed by atoms with van der Waals surface area (Å²) in [6, 6.07) is 8.34. The van der Waals surface area contributed by atoms with Crippen molar-refractivity contribution in [1.29, 1.82) is 0 Å². The van der Waals surface area contributed by atoms with Gasteiger partial charge in [-0.2, -0.15) is 19.6 Å². The number of carbonyl (C=O) groups excluding carboxylic acids is 2. The maximum Gasteiger partial charge on any atom is 0.322 e. The molecular formula is C31H40N8O3. The Kier molecular flexibility index (Phi) is 8.36. The second-order valence-electron chi connectivity index (χ2n) is 11.9. The number of hydrogen-bond donors (Lipinski definition) is 3. The maximum atomic E-state index is 13.0. The van der Waals surface area contributed by atoms with Crippen molar-refractivity contribution in [2.24, 2.45) is 5.92 Å². The number of rotatable bonds is 10. The van der Waals surface area contributed by atoms with Crippen LogP contribution in [0.1, 0.15) is 68.4 Å². The summed E-state index contributed by atoms with van der Waals surface area (Å²) in [5.41, 5.74) is 3.71. The number of nitrogens with one attached hydrogen (secondary N) is 3. The lowest BCUT2D eigenvalue weighted by molar-refractivity contribution is -0.121. The molecule has 1 aromatic carbocycles. The fraction of sp³-hybridized carbons (Fsp3) is 0.516. The highest BCUT2D eigenvalue weighted by Gasteiger charge is 2.30. The number of anilines is 2. The first-order valence-corrected chi connectivity index (χ1v) is 15.1. The molecule has 2 aliphatic carbocycles. The van der Waals surface area contributed by atoms with E-state index in [1.165, 1.54) is 6.08 Å². The van der Waals surface area contributed by atoms with Crippen molar-refractivity contribution in [2.75, 3.05) is 30.8 Å². The van der Waals surface area contributed by atoms with Crippen LogP contribution in [0.3, 0.4) is 0 Å². The predicted octanol–water partition coefficient (Wildman–Crippen LogP) is 3.89. The summed E-state index contributed by atoms with van der Waals surface area (Å²) in [5.74, 6) is 0.882. The van der Waals surface area contributed by atoms with Gasteiger partial charge >= 0.3 is 6.01 Å². The Morgan fingerprint density at radius 3 is 2.60 bits per heavy atom. The molecule has 2 aromatic heterocycles. The lowest BCUT2D eigenvalue weighted by Gasteiger charge is -2.28. The van der Waals surface area contributed by atoms with E-state index in [4.69, 9.17) is 14.7 Å². The molecule has 3 N–H and O–H groups in total. The zero-order valence-electron chi connectivity index (χ0n) is 24.2. The SMILES string of the molecule is C=CC(=O)NC1CCC(C(=O)Nc2cccc(CNc3nc(OC4CCN(C)CC4)nc4c(C5CC5)cnn34)c2)CC1. The highest BCUT2D eigenvalue weighted by Crippen LogP contribution is 2.42. The van der Waals surface area contributed by atoms with Crippen molar-refractivity contribution >= 4 is 29.1 Å². The first-order chi connectivity index (χ1) is 20.4. The fourth-order valence-electron chi connectivity index (χ4n) is 5.92. The minimum absolute atomic E-state index is 0.0194. The summed E-state index contributed by atoms with van der Waals surface area (Å²) in [7, 11) is 2.13. The second kappa shape index (κ2) is 12.5. The van der Waals surface area contributed by atoms with Gasteiger partial charge in [0.1, 0.15) is 6.10 Å². The number of fused-ring (bicyclic) bond motifs is 1. The van der Waals surface area contributed by atoms with E-state index in [9.17, 15) is 9.59 Å². The van der Waals surface area contributed by atoms with Crippen LogP contribution >= 0.6 is 0 Å². The minimum atomic E-state index is -0.159. The molecular weight excluding hydrogens is 532 g/mol. The lowest BCUT2D eigenvalue weighted by Crippen LogP contribution is -2.38. The molecule has 1 saturated heterocycles. The molecule has 11 heteroatoms. The van der Waals surface area contributed by atoms with Crippen LogP contribution in [0.4, 0.5) is 11.6 Å². The number of aromatic nitrogens is 4. The Morgan fingerprint density at radius 1 is 1.07 bits per heavy atom. The van der Waals surface area contributed by atoms with E-state index < -0.39 is 0 Å². The zero-order chi connectivity index (χ0) is 29.1. The standard InChI is InChI=1S/C31H40N8O3/c1-3-27(40)34-23-11-9-22(10-12-23)29(41)35-24-6-4-5-20(17-24)18-32-30-37-31(42-25-13-15-38(2)16-14-25)36-28-26(21-7-8-21)19-33-39(28)30/h3-6,17,19,21-23,25H,1,7-16,18H2,2H3,(H,34,40)(H,35,41)(H,32,36,37). The molecule has 11 nitrogen and oxygen atoms in total. The molecule has 6 rings (SSSR count). The molecule has 3 fully saturated rings. The molecule has 222 valence electrons. The van der Waals surface area contributed by atoms with Gasteiger partial charge in [0, 0.05) is 42.8 Å². The maximum absolute atomic E-state index is 13.0. The molecule has 0 bridgehead atoms. The predicted molar refractivity (Wildman–Crippen MR) is 160 cm³/mol. The smallest absolute Gasteiger partial charge is 0.322 e. The third kappa shape index (κ3) is 6.73. The van der Waals surface area contributed by atoms with Gasteiger partial charge in [-0.25, -0.2) is 0 Å². The van der Waals surface area contributed by atoms with Crippen molar-refractivity contribution in [3.63, 3.8) is 0 Å². The van der Waals surface area contributed by atoms with E-state index in [1.807, 2.05) is 30.5 Å². The number of hydrogen-bond acceptors (Lipinski definition) is 8. The molecule has 3 aromatic rings. The van der Waals surface area contributed by atoms with Crippen LogP contribution in [0.15, 0.2) is 43.1 Å². The van der Waals surface area contributed by atoms with Crippen molar-refractivity contribution in [3.05, 3.63) is 54.2 Å². The molecule has 0 unspecified atom stereocenters. The first kappa shape index (κ1) is 28.1. The van der Waals surface area contributed by atoms with E-state index in [0.29, 0.717) is 24.4 Å². The number of piperidine rings is 1. The molecule has 3 aliphatic rings. The van der Waals surface area contributed by atoms with E-state index in [2.05, 4.69) is 39.6 Å².